The molecule has 0 radical (unpaired) electrons. The fraction of sp³-hybridized carbons (Fsp3) is 0.474. The number of rotatable bonds is 6. The number of carbonyl (C=O) groups excluding carboxylic acids is 4. The molecule has 9 nitrogen and oxygen atoms in total. The highest BCUT2D eigenvalue weighted by Gasteiger charge is 2.70. The number of ether oxygens (including phenoxy) is 1. The zero-order valence-electron chi connectivity index (χ0n) is 15.7. The fourth-order valence-corrected chi connectivity index (χ4v) is 5.02. The van der Waals surface area contributed by atoms with Crippen molar-refractivity contribution in [3.8, 4) is 0 Å². The maximum absolute atomic E-state index is 13.3. The second kappa shape index (κ2) is 7.08. The third kappa shape index (κ3) is 2.76. The minimum absolute atomic E-state index is 0.0283. The second-order valence-electron chi connectivity index (χ2n) is 7.50. The molecule has 10 heteroatoms. The molecule has 1 spiro atoms. The molecule has 0 unspecified atom stereocenters. The predicted molar refractivity (Wildman–Crippen MR) is 103 cm³/mol. The van der Waals surface area contributed by atoms with Gasteiger partial charge in [0.15, 0.2) is 0 Å². The van der Waals surface area contributed by atoms with Gasteiger partial charge in [-0.1, -0.05) is 23.7 Å². The highest BCUT2D eigenvalue weighted by Crippen LogP contribution is 2.54. The summed E-state index contributed by atoms with van der Waals surface area (Å²) in [5.74, 6) is -3.49. The first-order chi connectivity index (χ1) is 13.8. The molecule has 3 aliphatic rings. The van der Waals surface area contributed by atoms with Gasteiger partial charge in [0.25, 0.3) is 0 Å². The van der Waals surface area contributed by atoms with Crippen molar-refractivity contribution in [2.24, 2.45) is 17.6 Å². The summed E-state index contributed by atoms with van der Waals surface area (Å²) in [6, 6.07) is 4.49. The third-order valence-electron chi connectivity index (χ3n) is 6.01. The number of halogens is 1. The zero-order valence-corrected chi connectivity index (χ0v) is 16.5. The second-order valence-corrected chi connectivity index (χ2v) is 7.91. The van der Waals surface area contributed by atoms with E-state index in [0.29, 0.717) is 16.3 Å². The van der Waals surface area contributed by atoms with E-state index in [1.165, 1.54) is 7.11 Å². The maximum Gasteiger partial charge on any atom is 0.250 e. The lowest BCUT2D eigenvalue weighted by Crippen LogP contribution is -2.53. The first-order valence-electron chi connectivity index (χ1n) is 9.33. The Labute approximate surface area is 171 Å². The first-order valence-corrected chi connectivity index (χ1v) is 9.71. The molecule has 4 rings (SSSR count). The standard InChI is InChI=1S/C19H21ClN4O5/c1-29-8-7-24-16(26)13-11(5-6-12(21)25)23-19(14(13)17(24)27)9-3-2-4-10(20)15(9)22-18(19)28/h2-4,11,13-14,23H,5-8H2,1H3,(H2,21,25)(H,22,28)/t11-,13+,14-,19+/m0/s1. The van der Waals surface area contributed by atoms with Crippen LogP contribution in [0.15, 0.2) is 18.2 Å². The van der Waals surface area contributed by atoms with Crippen LogP contribution in [0, 0.1) is 11.8 Å². The van der Waals surface area contributed by atoms with Gasteiger partial charge in [-0.25, -0.2) is 0 Å². The molecule has 0 aliphatic carbocycles. The maximum atomic E-state index is 13.3. The van der Waals surface area contributed by atoms with Gasteiger partial charge in [-0.05, 0) is 12.5 Å². The van der Waals surface area contributed by atoms with Crippen molar-refractivity contribution < 1.29 is 23.9 Å². The number of nitrogens with zero attached hydrogens (tertiary/aromatic N) is 1. The molecular formula is C19H21ClN4O5. The van der Waals surface area contributed by atoms with Crippen LogP contribution in [0.1, 0.15) is 18.4 Å². The number of imide groups is 1. The monoisotopic (exact) mass is 420 g/mol. The van der Waals surface area contributed by atoms with Crippen LogP contribution in [0.2, 0.25) is 5.02 Å². The Morgan fingerprint density at radius 3 is 2.76 bits per heavy atom. The van der Waals surface area contributed by atoms with Gasteiger partial charge < -0.3 is 15.8 Å². The molecule has 0 aromatic heterocycles. The van der Waals surface area contributed by atoms with Gasteiger partial charge in [0.2, 0.25) is 23.6 Å². The first kappa shape index (κ1) is 19.8. The van der Waals surface area contributed by atoms with Crippen molar-refractivity contribution in [3.63, 3.8) is 0 Å². The summed E-state index contributed by atoms with van der Waals surface area (Å²) in [7, 11) is 1.48. The number of fused-ring (bicyclic) bond motifs is 4. The molecule has 1 aromatic carbocycles. The number of nitrogens with one attached hydrogen (secondary N) is 2. The number of nitrogens with two attached hydrogens (primary N) is 1. The predicted octanol–water partition coefficient (Wildman–Crippen LogP) is -0.0277. The fourth-order valence-electron chi connectivity index (χ4n) is 4.80. The Hall–Kier alpha value is -2.49. The number of hydrogen-bond acceptors (Lipinski definition) is 6. The van der Waals surface area contributed by atoms with Crippen LogP contribution in [-0.4, -0.2) is 54.8 Å². The number of hydrogen-bond donors (Lipinski definition) is 3. The number of benzene rings is 1. The molecule has 3 heterocycles. The van der Waals surface area contributed by atoms with Gasteiger partial charge in [-0.15, -0.1) is 0 Å². The Morgan fingerprint density at radius 2 is 2.07 bits per heavy atom. The molecule has 29 heavy (non-hydrogen) atoms. The van der Waals surface area contributed by atoms with Crippen LogP contribution in [0.4, 0.5) is 5.69 Å². The van der Waals surface area contributed by atoms with Gasteiger partial charge in [0.1, 0.15) is 5.54 Å². The number of anilines is 1. The Morgan fingerprint density at radius 1 is 1.31 bits per heavy atom. The Balaban J connectivity index is 1.81. The third-order valence-corrected chi connectivity index (χ3v) is 6.33. The van der Waals surface area contributed by atoms with E-state index in [9.17, 15) is 19.2 Å². The van der Waals surface area contributed by atoms with E-state index in [1.807, 2.05) is 0 Å². The Bertz CT molecular complexity index is 922. The topological polar surface area (TPSA) is 131 Å². The van der Waals surface area contributed by atoms with E-state index in [0.717, 1.165) is 4.90 Å². The summed E-state index contributed by atoms with van der Waals surface area (Å²) < 4.78 is 5.02. The number of amides is 4. The molecule has 4 atom stereocenters. The summed E-state index contributed by atoms with van der Waals surface area (Å²) in [6.45, 7) is 0.293. The lowest BCUT2D eigenvalue weighted by atomic mass is 9.76. The van der Waals surface area contributed by atoms with Gasteiger partial charge in [-0.2, -0.15) is 0 Å². The highest BCUT2D eigenvalue weighted by atomic mass is 35.5. The smallest absolute Gasteiger partial charge is 0.250 e. The number of primary amides is 1. The molecule has 0 saturated carbocycles. The van der Waals surface area contributed by atoms with Crippen molar-refractivity contribution in [1.82, 2.24) is 10.2 Å². The van der Waals surface area contributed by atoms with Crippen LogP contribution < -0.4 is 16.4 Å². The summed E-state index contributed by atoms with van der Waals surface area (Å²) >= 11 is 6.26. The van der Waals surface area contributed by atoms with E-state index < -0.39 is 41.1 Å². The number of carbonyl (C=O) groups is 4. The van der Waals surface area contributed by atoms with Crippen molar-refractivity contribution in [1.29, 1.82) is 0 Å². The highest BCUT2D eigenvalue weighted by molar-refractivity contribution is 6.35. The molecular weight excluding hydrogens is 400 g/mol. The van der Waals surface area contributed by atoms with E-state index in [2.05, 4.69) is 10.6 Å². The normalized spacial score (nSPS) is 30.1. The summed E-state index contributed by atoms with van der Waals surface area (Å²) in [6.07, 6.45) is 0.263. The van der Waals surface area contributed by atoms with Crippen LogP contribution in [0.3, 0.4) is 0 Å². The van der Waals surface area contributed by atoms with Crippen LogP contribution >= 0.6 is 11.6 Å². The molecule has 2 saturated heterocycles. The summed E-state index contributed by atoms with van der Waals surface area (Å²) in [5, 5.41) is 6.32. The van der Waals surface area contributed by atoms with Crippen LogP contribution in [0.5, 0.6) is 0 Å². The van der Waals surface area contributed by atoms with Crippen molar-refractivity contribution in [2.75, 3.05) is 25.6 Å². The molecule has 154 valence electrons. The SMILES string of the molecule is COCCN1C(=O)[C@@H]2[C@H](CCC(N)=O)N[C@@]3(C(=O)Nc4c(Cl)cccc43)[C@@H]2C1=O. The number of likely N-dealkylation sites (tertiary alicyclic amines) is 1. The molecule has 3 aliphatic heterocycles. The number of para-hydroxylation sites is 1. The zero-order chi connectivity index (χ0) is 20.9. The molecule has 2 fully saturated rings. The van der Waals surface area contributed by atoms with Crippen LogP contribution in [0.25, 0.3) is 0 Å². The van der Waals surface area contributed by atoms with Gasteiger partial charge in [0.05, 0.1) is 35.7 Å². The van der Waals surface area contributed by atoms with E-state index in [4.69, 9.17) is 22.1 Å². The minimum Gasteiger partial charge on any atom is -0.383 e. The van der Waals surface area contributed by atoms with Crippen molar-refractivity contribution in [2.45, 2.75) is 24.4 Å². The number of methoxy groups -OCH3 is 1. The summed E-state index contributed by atoms with van der Waals surface area (Å²) in [5.41, 5.74) is 4.82. The average Bonchev–Trinajstić information content (AvgIpc) is 3.25. The summed E-state index contributed by atoms with van der Waals surface area (Å²) in [4.78, 5) is 52.1. The van der Waals surface area contributed by atoms with Crippen molar-refractivity contribution in [3.05, 3.63) is 28.8 Å². The van der Waals surface area contributed by atoms with E-state index in [-0.39, 0.29) is 31.9 Å². The Kier molecular flexibility index (Phi) is 4.84. The largest absolute Gasteiger partial charge is 0.383 e. The molecule has 1 aromatic rings. The van der Waals surface area contributed by atoms with Gasteiger partial charge in [0, 0.05) is 25.1 Å². The van der Waals surface area contributed by atoms with E-state index in [1.54, 1.807) is 18.2 Å². The van der Waals surface area contributed by atoms with E-state index >= 15 is 0 Å². The van der Waals surface area contributed by atoms with Gasteiger partial charge in [-0.3, -0.25) is 29.4 Å². The van der Waals surface area contributed by atoms with Crippen LogP contribution in [-0.2, 0) is 29.5 Å². The quantitative estimate of drug-likeness (QED) is 0.554. The lowest BCUT2D eigenvalue weighted by Gasteiger charge is -2.29. The molecule has 0 bridgehead atoms. The van der Waals surface area contributed by atoms with Crippen molar-refractivity contribution >= 4 is 40.9 Å². The molecule has 4 N–H and O–H groups in total. The minimum atomic E-state index is -1.43. The van der Waals surface area contributed by atoms with Gasteiger partial charge >= 0.3 is 0 Å². The average molecular weight is 421 g/mol. The lowest BCUT2D eigenvalue weighted by molar-refractivity contribution is -0.143. The molecule has 4 amide bonds.